The van der Waals surface area contributed by atoms with Gasteiger partial charge in [-0.15, -0.1) is 0 Å². The van der Waals surface area contributed by atoms with E-state index in [9.17, 15) is 0 Å². The molecule has 1 aromatic carbocycles. The Balaban J connectivity index is 1.54. The van der Waals surface area contributed by atoms with Gasteiger partial charge in [0.25, 0.3) is 0 Å². The fraction of sp³-hybridized carbons (Fsp3) is 0.364. The van der Waals surface area contributed by atoms with Gasteiger partial charge in [0.05, 0.1) is 30.8 Å². The molecule has 0 aliphatic carbocycles. The Labute approximate surface area is 185 Å². The van der Waals surface area contributed by atoms with Crippen molar-refractivity contribution >= 4 is 17.3 Å². The van der Waals surface area contributed by atoms with Crippen molar-refractivity contribution in [1.29, 1.82) is 5.26 Å². The Bertz CT molecular complexity index is 1110. The van der Waals surface area contributed by atoms with Crippen LogP contribution in [-0.4, -0.2) is 64.4 Å². The number of methoxy groups -OCH3 is 1. The van der Waals surface area contributed by atoms with Crippen LogP contribution in [-0.2, 0) is 0 Å². The molecule has 0 spiro atoms. The summed E-state index contributed by atoms with van der Waals surface area (Å²) in [5, 5.41) is 18.8. The van der Waals surface area contributed by atoms with Crippen LogP contribution in [0.15, 0.2) is 30.6 Å². The van der Waals surface area contributed by atoms with Crippen LogP contribution < -0.4 is 15.0 Å². The van der Waals surface area contributed by atoms with Crippen molar-refractivity contribution in [3.63, 3.8) is 0 Å². The molecule has 0 radical (unpaired) electrons. The first-order valence-electron chi connectivity index (χ1n) is 10.4. The number of nitrogens with zero attached hydrogens (tertiary/aromatic N) is 6. The second-order valence-corrected chi connectivity index (χ2v) is 7.81. The molecule has 1 aliphatic rings. The van der Waals surface area contributed by atoms with E-state index in [1.165, 1.54) is 19.5 Å². The fourth-order valence-electron chi connectivity index (χ4n) is 3.76. The third-order valence-electron chi connectivity index (χ3n) is 5.54. The third-order valence-corrected chi connectivity index (χ3v) is 5.54. The minimum absolute atomic E-state index is 0.218. The van der Waals surface area contributed by atoms with Crippen molar-refractivity contribution in [3.05, 3.63) is 42.1 Å². The van der Waals surface area contributed by atoms with Crippen molar-refractivity contribution in [3.8, 4) is 23.1 Å². The highest BCUT2D eigenvalue weighted by atomic mass is 19.1. The van der Waals surface area contributed by atoms with E-state index in [0.717, 1.165) is 31.9 Å². The lowest BCUT2D eigenvalue weighted by molar-refractivity contribution is 0.209. The zero-order valence-corrected chi connectivity index (χ0v) is 18.3. The number of hydrogen-bond donors (Lipinski definition) is 2. The summed E-state index contributed by atoms with van der Waals surface area (Å²) >= 11 is 0. The van der Waals surface area contributed by atoms with E-state index in [1.54, 1.807) is 12.1 Å². The van der Waals surface area contributed by atoms with E-state index >= 15 is 4.39 Å². The molecule has 0 atom stereocenters. The number of H-pyrrole nitrogens is 1. The molecular weight excluding hydrogens is 411 g/mol. The topological polar surface area (TPSA) is 106 Å². The average Bonchev–Trinajstić information content (AvgIpc) is 3.26. The fourth-order valence-corrected chi connectivity index (χ4v) is 3.76. The standard InChI is InChI=1S/C22H25FN8O/c1-14(2)30-4-6-31(7-5-30)16-8-17(23)22(19(9-16)32-3)18-10-20(29-28-18)27-21-13-25-15(11-24)12-26-21/h8-10,12-14H,4-7H2,1-3H3,(H2,26,27,28,29). The Kier molecular flexibility index (Phi) is 6.18. The highest BCUT2D eigenvalue weighted by Crippen LogP contribution is 2.36. The largest absolute Gasteiger partial charge is 0.496 e. The molecule has 3 heterocycles. The van der Waals surface area contributed by atoms with E-state index in [0.29, 0.717) is 34.7 Å². The molecule has 2 N–H and O–H groups in total. The molecule has 3 aromatic rings. The van der Waals surface area contributed by atoms with Crippen LogP contribution in [0.5, 0.6) is 5.75 Å². The van der Waals surface area contributed by atoms with Crippen molar-refractivity contribution in [2.24, 2.45) is 0 Å². The normalized spacial score (nSPS) is 14.4. The number of nitrogens with one attached hydrogen (secondary N) is 2. The van der Waals surface area contributed by atoms with Crippen LogP contribution in [0, 0.1) is 17.1 Å². The van der Waals surface area contributed by atoms with E-state index in [2.05, 4.69) is 49.1 Å². The van der Waals surface area contributed by atoms with Gasteiger partial charge in [-0.25, -0.2) is 14.4 Å². The number of halogens is 1. The SMILES string of the molecule is COc1cc(N2CCN(C(C)C)CC2)cc(F)c1-c1cc(Nc2cnc(C#N)cn2)n[nH]1. The number of nitriles is 1. The number of anilines is 3. The second kappa shape index (κ2) is 9.20. The molecule has 9 nitrogen and oxygen atoms in total. The maximum absolute atomic E-state index is 15.2. The molecule has 0 amide bonds. The number of piperazine rings is 1. The lowest BCUT2D eigenvalue weighted by Crippen LogP contribution is -2.48. The monoisotopic (exact) mass is 436 g/mol. The Morgan fingerprint density at radius 1 is 1.12 bits per heavy atom. The molecule has 1 fully saturated rings. The summed E-state index contributed by atoms with van der Waals surface area (Å²) in [6, 6.07) is 7.49. The van der Waals surface area contributed by atoms with Gasteiger partial charge >= 0.3 is 0 Å². The van der Waals surface area contributed by atoms with Gasteiger partial charge in [-0.3, -0.25) is 10.00 Å². The quantitative estimate of drug-likeness (QED) is 0.607. The summed E-state index contributed by atoms with van der Waals surface area (Å²) in [4.78, 5) is 12.6. The number of aromatic amines is 1. The van der Waals surface area contributed by atoms with E-state index in [1.807, 2.05) is 12.1 Å². The summed E-state index contributed by atoms with van der Waals surface area (Å²) in [6.07, 6.45) is 2.79. The van der Waals surface area contributed by atoms with E-state index in [-0.39, 0.29) is 11.5 Å². The average molecular weight is 436 g/mol. The molecule has 4 rings (SSSR count). The van der Waals surface area contributed by atoms with Gasteiger partial charge in [-0.2, -0.15) is 10.4 Å². The minimum atomic E-state index is -0.390. The molecular formula is C22H25FN8O. The van der Waals surface area contributed by atoms with Crippen LogP contribution in [0.3, 0.4) is 0 Å². The predicted octanol–water partition coefficient (Wildman–Crippen LogP) is 3.16. The molecule has 0 bridgehead atoms. The summed E-state index contributed by atoms with van der Waals surface area (Å²) in [5.74, 6) is 0.901. The summed E-state index contributed by atoms with van der Waals surface area (Å²) in [6.45, 7) is 7.94. The molecule has 32 heavy (non-hydrogen) atoms. The summed E-state index contributed by atoms with van der Waals surface area (Å²) in [5.41, 5.74) is 1.80. The van der Waals surface area contributed by atoms with Gasteiger partial charge in [0.15, 0.2) is 11.5 Å². The van der Waals surface area contributed by atoms with Crippen LogP contribution in [0.25, 0.3) is 11.3 Å². The van der Waals surface area contributed by atoms with Gasteiger partial charge in [-0.05, 0) is 19.9 Å². The summed E-state index contributed by atoms with van der Waals surface area (Å²) in [7, 11) is 1.53. The van der Waals surface area contributed by atoms with Crippen LogP contribution in [0.4, 0.5) is 21.7 Å². The minimum Gasteiger partial charge on any atom is -0.496 e. The number of hydrogen-bond acceptors (Lipinski definition) is 8. The maximum Gasteiger partial charge on any atom is 0.158 e. The lowest BCUT2D eigenvalue weighted by atomic mass is 10.1. The van der Waals surface area contributed by atoms with Gasteiger partial charge in [0.1, 0.15) is 23.5 Å². The smallest absolute Gasteiger partial charge is 0.158 e. The number of aromatic nitrogens is 4. The lowest BCUT2D eigenvalue weighted by Gasteiger charge is -2.38. The molecule has 1 aliphatic heterocycles. The number of ether oxygens (including phenoxy) is 1. The van der Waals surface area contributed by atoms with Crippen molar-refractivity contribution in [2.75, 3.05) is 43.5 Å². The molecule has 10 heteroatoms. The highest BCUT2D eigenvalue weighted by molar-refractivity contribution is 5.74. The summed E-state index contributed by atoms with van der Waals surface area (Å²) < 4.78 is 20.8. The van der Waals surface area contributed by atoms with Crippen LogP contribution >= 0.6 is 0 Å². The van der Waals surface area contributed by atoms with Gasteiger partial charge in [0.2, 0.25) is 0 Å². The highest BCUT2D eigenvalue weighted by Gasteiger charge is 2.23. The van der Waals surface area contributed by atoms with Crippen molar-refractivity contribution in [2.45, 2.75) is 19.9 Å². The second-order valence-electron chi connectivity index (χ2n) is 7.81. The Hall–Kier alpha value is -3.71. The van der Waals surface area contributed by atoms with E-state index in [4.69, 9.17) is 10.00 Å². The van der Waals surface area contributed by atoms with Gasteiger partial charge in [-0.1, -0.05) is 0 Å². The Morgan fingerprint density at radius 2 is 1.91 bits per heavy atom. The van der Waals surface area contributed by atoms with Crippen LogP contribution in [0.2, 0.25) is 0 Å². The number of benzene rings is 1. The Morgan fingerprint density at radius 3 is 2.53 bits per heavy atom. The van der Waals surface area contributed by atoms with Gasteiger partial charge in [0, 0.05) is 50.0 Å². The number of rotatable bonds is 6. The third kappa shape index (κ3) is 4.48. The first-order valence-corrected chi connectivity index (χ1v) is 10.4. The van der Waals surface area contributed by atoms with Crippen molar-refractivity contribution < 1.29 is 9.13 Å². The first-order chi connectivity index (χ1) is 15.5. The molecule has 166 valence electrons. The van der Waals surface area contributed by atoms with Crippen molar-refractivity contribution in [1.82, 2.24) is 25.1 Å². The zero-order valence-electron chi connectivity index (χ0n) is 18.3. The first kappa shape index (κ1) is 21.5. The molecule has 0 saturated carbocycles. The maximum atomic E-state index is 15.2. The predicted molar refractivity (Wildman–Crippen MR) is 119 cm³/mol. The van der Waals surface area contributed by atoms with Crippen LogP contribution in [0.1, 0.15) is 19.5 Å². The zero-order chi connectivity index (χ0) is 22.7. The van der Waals surface area contributed by atoms with Gasteiger partial charge < -0.3 is 15.0 Å². The molecule has 0 unspecified atom stereocenters. The van der Waals surface area contributed by atoms with E-state index < -0.39 is 0 Å². The molecule has 1 saturated heterocycles. The molecule has 2 aromatic heterocycles.